The van der Waals surface area contributed by atoms with Crippen molar-refractivity contribution in [1.29, 1.82) is 0 Å². The van der Waals surface area contributed by atoms with E-state index in [-0.39, 0.29) is 5.91 Å². The van der Waals surface area contributed by atoms with Crippen LogP contribution in [0.15, 0.2) is 12.3 Å². The Morgan fingerprint density at radius 3 is 2.95 bits per heavy atom. The third-order valence-electron chi connectivity index (χ3n) is 3.32. The first kappa shape index (κ1) is 16.9. The van der Waals surface area contributed by atoms with Gasteiger partial charge in [0.05, 0.1) is 11.9 Å². The summed E-state index contributed by atoms with van der Waals surface area (Å²) >= 11 is 0. The summed E-state index contributed by atoms with van der Waals surface area (Å²) in [5.41, 5.74) is 7.34. The second kappa shape index (κ2) is 8.94. The van der Waals surface area contributed by atoms with Crippen LogP contribution in [0.1, 0.15) is 38.7 Å². The van der Waals surface area contributed by atoms with Gasteiger partial charge in [-0.15, -0.1) is 0 Å². The van der Waals surface area contributed by atoms with Crippen molar-refractivity contribution >= 4 is 23.8 Å². The van der Waals surface area contributed by atoms with Crippen LogP contribution in [0.5, 0.6) is 0 Å². The summed E-state index contributed by atoms with van der Waals surface area (Å²) in [6.45, 7) is 4.69. The maximum absolute atomic E-state index is 11.9. The fraction of sp³-hybridized carbons (Fsp3) is 0.533. The Balaban J connectivity index is 2.35. The smallest absolute Gasteiger partial charge is 0.224 e. The molecule has 6 heteroatoms. The first-order valence-corrected chi connectivity index (χ1v) is 7.28. The van der Waals surface area contributed by atoms with Gasteiger partial charge in [0, 0.05) is 13.0 Å². The van der Waals surface area contributed by atoms with Crippen molar-refractivity contribution in [3.8, 4) is 0 Å². The van der Waals surface area contributed by atoms with E-state index in [1.807, 2.05) is 19.9 Å². The van der Waals surface area contributed by atoms with E-state index >= 15 is 0 Å². The number of carbonyl (C=O) groups is 2. The van der Waals surface area contributed by atoms with Crippen molar-refractivity contribution in [1.82, 2.24) is 10.3 Å². The Morgan fingerprint density at radius 2 is 2.29 bits per heavy atom. The van der Waals surface area contributed by atoms with Crippen LogP contribution in [0.3, 0.4) is 0 Å². The Labute approximate surface area is 125 Å². The van der Waals surface area contributed by atoms with Crippen LogP contribution in [-0.2, 0) is 16.0 Å². The number of carbonyl (C=O) groups excluding carboxylic acids is 2. The van der Waals surface area contributed by atoms with Gasteiger partial charge in [-0.05, 0) is 36.8 Å². The van der Waals surface area contributed by atoms with Crippen molar-refractivity contribution in [3.05, 3.63) is 17.8 Å². The van der Waals surface area contributed by atoms with Crippen molar-refractivity contribution in [2.75, 3.05) is 17.6 Å². The number of aromatic nitrogens is 1. The fourth-order valence-corrected chi connectivity index (χ4v) is 2.06. The third kappa shape index (κ3) is 6.25. The topological polar surface area (TPSA) is 97.1 Å². The minimum absolute atomic E-state index is 0.0285. The van der Waals surface area contributed by atoms with Crippen LogP contribution in [0, 0.1) is 5.92 Å². The van der Waals surface area contributed by atoms with E-state index in [1.54, 1.807) is 6.20 Å². The molecule has 6 nitrogen and oxygen atoms in total. The summed E-state index contributed by atoms with van der Waals surface area (Å²) in [6.07, 6.45) is 5.19. The molecule has 1 rings (SSSR count). The maximum atomic E-state index is 11.9. The van der Waals surface area contributed by atoms with E-state index in [4.69, 9.17) is 5.73 Å². The van der Waals surface area contributed by atoms with Gasteiger partial charge in [0.15, 0.2) is 0 Å². The molecule has 0 saturated carbocycles. The molecule has 116 valence electrons. The largest absolute Gasteiger partial charge is 0.383 e. The Bertz CT molecular complexity index is 477. The molecular weight excluding hydrogens is 268 g/mol. The molecule has 2 amide bonds. The van der Waals surface area contributed by atoms with E-state index in [0.29, 0.717) is 36.8 Å². The van der Waals surface area contributed by atoms with E-state index in [1.165, 1.54) is 0 Å². The zero-order chi connectivity index (χ0) is 15.7. The van der Waals surface area contributed by atoms with Gasteiger partial charge < -0.3 is 16.4 Å². The molecule has 0 aliphatic rings. The summed E-state index contributed by atoms with van der Waals surface area (Å²) in [5.74, 6) is 0.846. The summed E-state index contributed by atoms with van der Waals surface area (Å²) in [6, 6.07) is 1.86. The average Bonchev–Trinajstić information content (AvgIpc) is 2.47. The van der Waals surface area contributed by atoms with Gasteiger partial charge in [-0.1, -0.05) is 13.8 Å². The van der Waals surface area contributed by atoms with Gasteiger partial charge in [0.2, 0.25) is 12.3 Å². The zero-order valence-corrected chi connectivity index (χ0v) is 12.7. The number of aryl methyl sites for hydroxylation is 1. The summed E-state index contributed by atoms with van der Waals surface area (Å²) in [4.78, 5) is 26.1. The third-order valence-corrected chi connectivity index (χ3v) is 3.32. The summed E-state index contributed by atoms with van der Waals surface area (Å²) < 4.78 is 0. The summed E-state index contributed by atoms with van der Waals surface area (Å²) in [5, 5.41) is 5.47. The second-order valence-electron chi connectivity index (χ2n) is 5.19. The van der Waals surface area contributed by atoms with Crippen molar-refractivity contribution in [3.63, 3.8) is 0 Å². The monoisotopic (exact) mass is 292 g/mol. The van der Waals surface area contributed by atoms with Gasteiger partial charge in [0.1, 0.15) is 5.82 Å². The number of amides is 2. The molecule has 1 heterocycles. The Hall–Kier alpha value is -2.11. The van der Waals surface area contributed by atoms with Crippen molar-refractivity contribution < 1.29 is 9.59 Å². The molecule has 1 aromatic heterocycles. The van der Waals surface area contributed by atoms with Crippen molar-refractivity contribution in [2.24, 2.45) is 5.92 Å². The molecule has 0 saturated heterocycles. The molecule has 0 bridgehead atoms. The highest BCUT2D eigenvalue weighted by atomic mass is 16.1. The second-order valence-corrected chi connectivity index (χ2v) is 5.19. The Morgan fingerprint density at radius 1 is 1.52 bits per heavy atom. The van der Waals surface area contributed by atoms with Crippen LogP contribution in [0.25, 0.3) is 0 Å². The molecule has 1 unspecified atom stereocenters. The van der Waals surface area contributed by atoms with Crippen LogP contribution in [0.4, 0.5) is 11.5 Å². The quantitative estimate of drug-likeness (QED) is 0.604. The SMILES string of the molecule is CCc1cc(NC(=O)CCCC(C)CNC=O)cnc1N. The normalized spacial score (nSPS) is 11.7. The number of rotatable bonds is 9. The molecule has 0 aliphatic heterocycles. The molecule has 1 aromatic rings. The Kier molecular flexibility index (Phi) is 7.21. The number of anilines is 2. The molecule has 1 atom stereocenters. The number of nitrogens with one attached hydrogen (secondary N) is 2. The number of nitrogens with zero attached hydrogens (tertiary/aromatic N) is 1. The van der Waals surface area contributed by atoms with Crippen LogP contribution >= 0.6 is 0 Å². The molecule has 0 aromatic carbocycles. The van der Waals surface area contributed by atoms with Gasteiger partial charge in [-0.3, -0.25) is 9.59 Å². The van der Waals surface area contributed by atoms with E-state index in [9.17, 15) is 9.59 Å². The maximum Gasteiger partial charge on any atom is 0.224 e. The number of pyridine rings is 1. The number of hydrogen-bond acceptors (Lipinski definition) is 4. The predicted molar refractivity (Wildman–Crippen MR) is 83.7 cm³/mol. The lowest BCUT2D eigenvalue weighted by Crippen LogP contribution is -2.19. The highest BCUT2D eigenvalue weighted by Crippen LogP contribution is 2.16. The predicted octanol–water partition coefficient (Wildman–Crippen LogP) is 1.72. The van der Waals surface area contributed by atoms with Gasteiger partial charge in [0.25, 0.3) is 0 Å². The highest BCUT2D eigenvalue weighted by molar-refractivity contribution is 5.90. The first-order valence-electron chi connectivity index (χ1n) is 7.28. The van der Waals surface area contributed by atoms with E-state index in [2.05, 4.69) is 15.6 Å². The minimum atomic E-state index is -0.0285. The highest BCUT2D eigenvalue weighted by Gasteiger charge is 2.07. The number of hydrogen-bond donors (Lipinski definition) is 3. The summed E-state index contributed by atoms with van der Waals surface area (Å²) in [7, 11) is 0. The van der Waals surface area contributed by atoms with Crippen LogP contribution in [-0.4, -0.2) is 23.8 Å². The van der Waals surface area contributed by atoms with E-state index < -0.39 is 0 Å². The van der Waals surface area contributed by atoms with Crippen LogP contribution in [0.2, 0.25) is 0 Å². The first-order chi connectivity index (χ1) is 10.1. The molecule has 0 aliphatic carbocycles. The minimum Gasteiger partial charge on any atom is -0.383 e. The van der Waals surface area contributed by atoms with Gasteiger partial charge in [-0.2, -0.15) is 0 Å². The molecular formula is C15H24N4O2. The zero-order valence-electron chi connectivity index (χ0n) is 12.7. The van der Waals surface area contributed by atoms with E-state index in [0.717, 1.165) is 24.8 Å². The lowest BCUT2D eigenvalue weighted by molar-refractivity contribution is -0.116. The standard InChI is InChI=1S/C15H24N4O2/c1-3-12-7-13(9-18-15(12)16)19-14(21)6-4-5-11(2)8-17-10-20/h7,9-11H,3-6,8H2,1-2H3,(H2,16,18)(H,17,20)(H,19,21). The van der Waals surface area contributed by atoms with Crippen molar-refractivity contribution in [2.45, 2.75) is 39.5 Å². The van der Waals surface area contributed by atoms with Gasteiger partial charge in [-0.25, -0.2) is 4.98 Å². The molecule has 0 fully saturated rings. The van der Waals surface area contributed by atoms with Gasteiger partial charge >= 0.3 is 0 Å². The molecule has 0 spiro atoms. The molecule has 4 N–H and O–H groups in total. The lowest BCUT2D eigenvalue weighted by atomic mass is 10.0. The molecule has 0 radical (unpaired) electrons. The number of nitrogens with two attached hydrogens (primary N) is 1. The van der Waals surface area contributed by atoms with Crippen LogP contribution < -0.4 is 16.4 Å². The lowest BCUT2D eigenvalue weighted by Gasteiger charge is -2.11. The average molecular weight is 292 g/mol. The molecule has 21 heavy (non-hydrogen) atoms. The number of nitrogen functional groups attached to an aromatic ring is 1. The fourth-order valence-electron chi connectivity index (χ4n) is 2.06.